The number of hydrogen-bond acceptors (Lipinski definition) is 3. The number of aliphatic hydroxyl groups is 1. The first-order chi connectivity index (χ1) is 10.1. The van der Waals surface area contributed by atoms with Gasteiger partial charge in [0, 0.05) is 30.4 Å². The van der Waals surface area contributed by atoms with E-state index < -0.39 is 0 Å². The van der Waals surface area contributed by atoms with Gasteiger partial charge in [-0.05, 0) is 37.1 Å². The number of hydrogen-bond donors (Lipinski definition) is 2. The summed E-state index contributed by atoms with van der Waals surface area (Å²) in [6.45, 7) is 2.79. The highest BCUT2D eigenvalue weighted by molar-refractivity contribution is 6.30. The van der Waals surface area contributed by atoms with Gasteiger partial charge in [0.2, 0.25) is 0 Å². The molecule has 2 N–H and O–H groups in total. The molecular formula is C15H18ClN3O2. The van der Waals surface area contributed by atoms with Crippen LogP contribution in [0.2, 0.25) is 5.02 Å². The van der Waals surface area contributed by atoms with Gasteiger partial charge in [0.1, 0.15) is 5.69 Å². The number of aromatic nitrogens is 2. The highest BCUT2D eigenvalue weighted by atomic mass is 35.5. The molecule has 0 aliphatic rings. The van der Waals surface area contributed by atoms with Crippen LogP contribution in [0.4, 0.5) is 0 Å². The number of aryl methyl sites for hydroxylation is 1. The molecule has 5 nitrogen and oxygen atoms in total. The minimum atomic E-state index is -0.159. The lowest BCUT2D eigenvalue weighted by Gasteiger charge is -2.21. The third-order valence-corrected chi connectivity index (χ3v) is 3.30. The number of H-pyrrole nitrogens is 1. The fourth-order valence-corrected chi connectivity index (χ4v) is 2.27. The first kappa shape index (κ1) is 15.5. The first-order valence-corrected chi connectivity index (χ1v) is 7.14. The van der Waals surface area contributed by atoms with E-state index in [1.807, 2.05) is 25.1 Å². The van der Waals surface area contributed by atoms with Gasteiger partial charge in [0.15, 0.2) is 0 Å². The van der Waals surface area contributed by atoms with Gasteiger partial charge < -0.3 is 10.0 Å². The van der Waals surface area contributed by atoms with E-state index in [0.717, 1.165) is 11.3 Å². The van der Waals surface area contributed by atoms with Crippen LogP contribution in [0, 0.1) is 6.92 Å². The van der Waals surface area contributed by atoms with E-state index >= 15 is 0 Å². The van der Waals surface area contributed by atoms with Gasteiger partial charge in [0.25, 0.3) is 5.91 Å². The van der Waals surface area contributed by atoms with E-state index in [0.29, 0.717) is 30.2 Å². The Balaban J connectivity index is 2.15. The van der Waals surface area contributed by atoms with Crippen molar-refractivity contribution in [2.24, 2.45) is 0 Å². The maximum atomic E-state index is 12.5. The number of benzene rings is 1. The molecule has 0 atom stereocenters. The Hall–Kier alpha value is -1.85. The molecule has 0 fully saturated rings. The molecule has 0 radical (unpaired) electrons. The number of rotatable bonds is 6. The molecule has 112 valence electrons. The van der Waals surface area contributed by atoms with Gasteiger partial charge >= 0.3 is 0 Å². The lowest BCUT2D eigenvalue weighted by atomic mass is 10.2. The molecule has 0 bridgehead atoms. The van der Waals surface area contributed by atoms with Crippen LogP contribution in [0.15, 0.2) is 30.3 Å². The predicted octanol–water partition coefficient (Wildman–Crippen LogP) is 2.40. The lowest BCUT2D eigenvalue weighted by Crippen LogP contribution is -2.32. The summed E-state index contributed by atoms with van der Waals surface area (Å²) in [4.78, 5) is 14.1. The van der Waals surface area contributed by atoms with E-state index in [9.17, 15) is 4.79 Å². The van der Waals surface area contributed by atoms with Crippen molar-refractivity contribution in [3.8, 4) is 0 Å². The SMILES string of the molecule is Cc1cc(C(=O)N(CCCO)Cc2cccc(Cl)c2)n[nH]1. The maximum Gasteiger partial charge on any atom is 0.274 e. The predicted molar refractivity (Wildman–Crippen MR) is 81.2 cm³/mol. The average molecular weight is 308 g/mol. The van der Waals surface area contributed by atoms with Crippen LogP contribution in [0.1, 0.15) is 28.2 Å². The zero-order chi connectivity index (χ0) is 15.2. The summed E-state index contributed by atoms with van der Waals surface area (Å²) >= 11 is 5.97. The van der Waals surface area contributed by atoms with Gasteiger partial charge in [-0.3, -0.25) is 9.89 Å². The number of aromatic amines is 1. The molecule has 6 heteroatoms. The highest BCUT2D eigenvalue weighted by Gasteiger charge is 2.18. The Morgan fingerprint density at radius 3 is 2.86 bits per heavy atom. The van der Waals surface area contributed by atoms with E-state index in [4.69, 9.17) is 16.7 Å². The van der Waals surface area contributed by atoms with E-state index in [-0.39, 0.29) is 12.5 Å². The van der Waals surface area contributed by atoms with Crippen molar-refractivity contribution in [1.29, 1.82) is 0 Å². The largest absolute Gasteiger partial charge is 0.396 e. The monoisotopic (exact) mass is 307 g/mol. The van der Waals surface area contributed by atoms with E-state index in [2.05, 4.69) is 10.2 Å². The van der Waals surface area contributed by atoms with Crippen LogP contribution in [-0.2, 0) is 6.54 Å². The summed E-state index contributed by atoms with van der Waals surface area (Å²) < 4.78 is 0. The van der Waals surface area contributed by atoms with E-state index in [1.54, 1.807) is 17.0 Å². The van der Waals surface area contributed by atoms with Crippen molar-refractivity contribution in [3.05, 3.63) is 52.3 Å². The summed E-state index contributed by atoms with van der Waals surface area (Å²) in [6, 6.07) is 9.11. The molecule has 0 saturated carbocycles. The first-order valence-electron chi connectivity index (χ1n) is 6.76. The zero-order valence-electron chi connectivity index (χ0n) is 11.8. The van der Waals surface area contributed by atoms with Crippen LogP contribution in [-0.4, -0.2) is 39.3 Å². The van der Waals surface area contributed by atoms with E-state index in [1.165, 1.54) is 0 Å². The number of nitrogens with one attached hydrogen (secondary N) is 1. The molecule has 2 aromatic rings. The van der Waals surface area contributed by atoms with Crippen molar-refractivity contribution in [2.75, 3.05) is 13.2 Å². The molecule has 0 aliphatic heterocycles. The summed E-state index contributed by atoms with van der Waals surface area (Å²) in [5.41, 5.74) is 2.16. The minimum Gasteiger partial charge on any atom is -0.396 e. The summed E-state index contributed by atoms with van der Waals surface area (Å²) in [5, 5.41) is 16.4. The average Bonchev–Trinajstić information content (AvgIpc) is 2.89. The Labute approximate surface area is 128 Å². The number of carbonyl (C=O) groups excluding carboxylic acids is 1. The number of nitrogens with zero attached hydrogens (tertiary/aromatic N) is 2. The molecule has 1 aromatic carbocycles. The van der Waals surface area contributed by atoms with Gasteiger partial charge in [-0.2, -0.15) is 5.10 Å². The quantitative estimate of drug-likeness (QED) is 0.861. The second kappa shape index (κ2) is 7.24. The third kappa shape index (κ3) is 4.31. The molecule has 1 heterocycles. The molecule has 1 aromatic heterocycles. The fourth-order valence-electron chi connectivity index (χ4n) is 2.06. The van der Waals surface area contributed by atoms with Gasteiger partial charge in [0.05, 0.1) is 0 Å². The number of aliphatic hydroxyl groups excluding tert-OH is 1. The van der Waals surface area contributed by atoms with Crippen molar-refractivity contribution < 1.29 is 9.90 Å². The Morgan fingerprint density at radius 1 is 1.43 bits per heavy atom. The summed E-state index contributed by atoms with van der Waals surface area (Å²) in [6.07, 6.45) is 0.524. The Morgan fingerprint density at radius 2 is 2.24 bits per heavy atom. The van der Waals surface area contributed by atoms with Gasteiger partial charge in [-0.1, -0.05) is 23.7 Å². The lowest BCUT2D eigenvalue weighted by molar-refractivity contribution is 0.0726. The summed E-state index contributed by atoms with van der Waals surface area (Å²) in [7, 11) is 0. The highest BCUT2D eigenvalue weighted by Crippen LogP contribution is 2.14. The van der Waals surface area contributed by atoms with Crippen molar-refractivity contribution >= 4 is 17.5 Å². The van der Waals surface area contributed by atoms with Gasteiger partial charge in [-0.15, -0.1) is 0 Å². The van der Waals surface area contributed by atoms with Gasteiger partial charge in [-0.25, -0.2) is 0 Å². The Kier molecular flexibility index (Phi) is 5.36. The molecule has 21 heavy (non-hydrogen) atoms. The summed E-state index contributed by atoms with van der Waals surface area (Å²) in [5.74, 6) is -0.159. The van der Waals surface area contributed by atoms with Crippen LogP contribution in [0.25, 0.3) is 0 Å². The molecule has 2 rings (SSSR count). The smallest absolute Gasteiger partial charge is 0.274 e. The van der Waals surface area contributed by atoms with Crippen LogP contribution < -0.4 is 0 Å². The fraction of sp³-hybridized carbons (Fsp3) is 0.333. The second-order valence-electron chi connectivity index (χ2n) is 4.87. The topological polar surface area (TPSA) is 69.2 Å². The molecule has 0 spiro atoms. The molecule has 0 unspecified atom stereocenters. The van der Waals surface area contributed by atoms with Crippen molar-refractivity contribution in [1.82, 2.24) is 15.1 Å². The number of amides is 1. The maximum absolute atomic E-state index is 12.5. The van der Waals surface area contributed by atoms with Crippen molar-refractivity contribution in [3.63, 3.8) is 0 Å². The molecule has 1 amide bonds. The normalized spacial score (nSPS) is 10.6. The molecule has 0 saturated heterocycles. The standard InChI is InChI=1S/C15H18ClN3O2/c1-11-8-14(18-17-11)15(21)19(6-3-7-20)10-12-4-2-5-13(16)9-12/h2,4-5,8-9,20H,3,6-7,10H2,1H3,(H,17,18). The molecule has 0 aliphatic carbocycles. The van der Waals surface area contributed by atoms with Crippen LogP contribution in [0.5, 0.6) is 0 Å². The van der Waals surface area contributed by atoms with Crippen molar-refractivity contribution in [2.45, 2.75) is 19.9 Å². The number of carbonyl (C=O) groups is 1. The minimum absolute atomic E-state index is 0.0406. The second-order valence-corrected chi connectivity index (χ2v) is 5.31. The zero-order valence-corrected chi connectivity index (χ0v) is 12.6. The van der Waals surface area contributed by atoms with Crippen LogP contribution >= 0.6 is 11.6 Å². The van der Waals surface area contributed by atoms with Crippen LogP contribution in [0.3, 0.4) is 0 Å². The Bertz CT molecular complexity index is 612. The number of halogens is 1. The molecular weight excluding hydrogens is 290 g/mol. The third-order valence-electron chi connectivity index (χ3n) is 3.06.